The van der Waals surface area contributed by atoms with Gasteiger partial charge in [-0.2, -0.15) is 0 Å². The number of ketones is 2. The van der Waals surface area contributed by atoms with Gasteiger partial charge < -0.3 is 14.4 Å². The van der Waals surface area contributed by atoms with Crippen molar-refractivity contribution in [3.8, 4) is 11.5 Å². The maximum Gasteiger partial charge on any atom is 0.167 e. The summed E-state index contributed by atoms with van der Waals surface area (Å²) in [5.74, 6) is 0.381. The predicted molar refractivity (Wildman–Crippen MR) is 159 cm³/mol. The van der Waals surface area contributed by atoms with Crippen LogP contribution in [0.3, 0.4) is 0 Å². The molecule has 0 unspecified atom stereocenters. The molecule has 6 rings (SSSR count). The number of benzene rings is 3. The molecule has 7 nitrogen and oxygen atoms in total. The normalized spacial score (nSPS) is 15.6. The Morgan fingerprint density at radius 1 is 0.786 bits per heavy atom. The van der Waals surface area contributed by atoms with Crippen LogP contribution in [0, 0.1) is 5.82 Å². The van der Waals surface area contributed by atoms with Crippen LogP contribution in [0.5, 0.6) is 11.5 Å². The molecule has 0 bridgehead atoms. The summed E-state index contributed by atoms with van der Waals surface area (Å²) >= 11 is 0. The number of rotatable bonds is 9. The molecule has 0 saturated carbocycles. The third-order valence-corrected chi connectivity index (χ3v) is 8.06. The van der Waals surface area contributed by atoms with E-state index in [0.29, 0.717) is 41.4 Å². The second-order valence-corrected chi connectivity index (χ2v) is 10.9. The van der Waals surface area contributed by atoms with Gasteiger partial charge in [0, 0.05) is 62.1 Å². The number of pyridine rings is 1. The van der Waals surface area contributed by atoms with Crippen LogP contribution in [-0.4, -0.2) is 72.3 Å². The van der Waals surface area contributed by atoms with Crippen molar-refractivity contribution < 1.29 is 23.5 Å². The Labute approximate surface area is 244 Å². The van der Waals surface area contributed by atoms with Crippen molar-refractivity contribution in [2.45, 2.75) is 26.3 Å². The summed E-state index contributed by atoms with van der Waals surface area (Å²) in [5, 5.41) is 0.875. The van der Waals surface area contributed by atoms with Gasteiger partial charge in [0.05, 0.1) is 11.2 Å². The van der Waals surface area contributed by atoms with Gasteiger partial charge >= 0.3 is 0 Å². The molecule has 0 amide bonds. The fraction of sp³-hybridized carbons (Fsp3) is 0.324. The van der Waals surface area contributed by atoms with E-state index in [1.54, 1.807) is 36.4 Å². The van der Waals surface area contributed by atoms with Gasteiger partial charge in [-0.3, -0.25) is 19.5 Å². The van der Waals surface area contributed by atoms with E-state index in [0.717, 1.165) is 55.9 Å². The Kier molecular flexibility index (Phi) is 8.26. The lowest BCUT2D eigenvalue weighted by Gasteiger charge is -2.33. The molecule has 0 spiro atoms. The van der Waals surface area contributed by atoms with Gasteiger partial charge in [0.2, 0.25) is 0 Å². The number of ether oxygens (including phenoxy) is 2. The smallest absolute Gasteiger partial charge is 0.167 e. The van der Waals surface area contributed by atoms with Crippen molar-refractivity contribution in [2.75, 3.05) is 45.9 Å². The molecule has 2 aliphatic heterocycles. The monoisotopic (exact) mass is 567 g/mol. The molecule has 4 aromatic rings. The maximum atomic E-state index is 14.7. The molecule has 2 aliphatic rings. The number of halogens is 1. The number of carbonyl (C=O) groups excluding carboxylic acids is 2. The minimum Gasteiger partial charge on any atom is -0.486 e. The molecule has 0 radical (unpaired) electrons. The maximum absolute atomic E-state index is 14.7. The zero-order valence-electron chi connectivity index (χ0n) is 23.8. The molecule has 8 heteroatoms. The Balaban J connectivity index is 1.11. The molecule has 0 aliphatic carbocycles. The molecule has 0 atom stereocenters. The Hall–Kier alpha value is -4.14. The molecular formula is C34H34FN3O4. The topological polar surface area (TPSA) is 72.0 Å². The van der Waals surface area contributed by atoms with E-state index in [1.807, 2.05) is 24.3 Å². The average molecular weight is 568 g/mol. The standard InChI is InChI=1S/C34H34FN3O4/c1-2-37-11-13-38(14-12-37)22-28-7-4-24-19-25(5-9-30(24)36-28)32(40)20-27-17-23(3-8-29(27)35)18-31(39)26-6-10-33-34(21-26)42-16-15-41-33/h3-10,17,19,21H,2,11-16,18,20,22H2,1H3. The van der Waals surface area contributed by atoms with Crippen LogP contribution >= 0.6 is 0 Å². The molecule has 0 N–H and O–H groups in total. The van der Waals surface area contributed by atoms with Crippen LogP contribution in [0.15, 0.2) is 66.7 Å². The van der Waals surface area contributed by atoms with Crippen LogP contribution in [0.1, 0.15) is 44.5 Å². The number of nitrogens with zero attached hydrogens (tertiary/aromatic N) is 3. The largest absolute Gasteiger partial charge is 0.486 e. The van der Waals surface area contributed by atoms with Gasteiger partial charge in [-0.05, 0) is 66.2 Å². The number of hydrogen-bond acceptors (Lipinski definition) is 7. The number of aromatic nitrogens is 1. The lowest BCUT2D eigenvalue weighted by Crippen LogP contribution is -2.45. The molecule has 1 saturated heterocycles. The van der Waals surface area contributed by atoms with Crippen LogP contribution in [0.4, 0.5) is 4.39 Å². The summed E-state index contributed by atoms with van der Waals surface area (Å²) in [6, 6.07) is 19.1. The van der Waals surface area contributed by atoms with Gasteiger partial charge in [-0.25, -0.2) is 4.39 Å². The van der Waals surface area contributed by atoms with E-state index in [4.69, 9.17) is 14.5 Å². The quantitative estimate of drug-likeness (QED) is 0.260. The van der Waals surface area contributed by atoms with Gasteiger partial charge in [0.25, 0.3) is 0 Å². The minimum atomic E-state index is -0.467. The minimum absolute atomic E-state index is 0.0827. The molecule has 1 fully saturated rings. The number of carbonyl (C=O) groups is 2. The summed E-state index contributed by atoms with van der Waals surface area (Å²) in [4.78, 5) is 35.8. The summed E-state index contributed by atoms with van der Waals surface area (Å²) in [5.41, 5.74) is 3.76. The molecule has 1 aromatic heterocycles. The van der Waals surface area contributed by atoms with E-state index < -0.39 is 5.82 Å². The highest BCUT2D eigenvalue weighted by Crippen LogP contribution is 2.31. The highest BCUT2D eigenvalue weighted by atomic mass is 19.1. The van der Waals surface area contributed by atoms with Gasteiger partial charge in [0.1, 0.15) is 19.0 Å². The van der Waals surface area contributed by atoms with Crippen molar-refractivity contribution in [3.05, 3.63) is 100 Å². The van der Waals surface area contributed by atoms with Gasteiger partial charge in [-0.1, -0.05) is 25.1 Å². The average Bonchev–Trinajstić information content (AvgIpc) is 3.02. The zero-order valence-corrected chi connectivity index (χ0v) is 23.8. The fourth-order valence-corrected chi connectivity index (χ4v) is 5.57. The lowest BCUT2D eigenvalue weighted by atomic mass is 9.97. The van der Waals surface area contributed by atoms with Gasteiger partial charge in [0.15, 0.2) is 23.1 Å². The summed E-state index contributed by atoms with van der Waals surface area (Å²) in [6.07, 6.45) is -0.0158. The highest BCUT2D eigenvalue weighted by molar-refractivity contribution is 6.01. The molecule has 216 valence electrons. The number of hydrogen-bond donors (Lipinski definition) is 0. The molecule has 42 heavy (non-hydrogen) atoms. The van der Waals surface area contributed by atoms with Crippen molar-refractivity contribution in [3.63, 3.8) is 0 Å². The van der Waals surface area contributed by atoms with E-state index in [1.165, 1.54) is 6.07 Å². The SMILES string of the molecule is CCN1CCN(Cc2ccc3cc(C(=O)Cc4cc(CC(=O)c5ccc6c(c5)OCCO6)ccc4F)ccc3n2)CC1. The highest BCUT2D eigenvalue weighted by Gasteiger charge is 2.18. The first-order valence-electron chi connectivity index (χ1n) is 14.5. The fourth-order valence-electron chi connectivity index (χ4n) is 5.57. The summed E-state index contributed by atoms with van der Waals surface area (Å²) in [7, 11) is 0. The van der Waals surface area contributed by atoms with Crippen LogP contribution in [-0.2, 0) is 19.4 Å². The summed E-state index contributed by atoms with van der Waals surface area (Å²) < 4.78 is 25.9. The van der Waals surface area contributed by atoms with Crippen LogP contribution in [0.25, 0.3) is 10.9 Å². The third-order valence-electron chi connectivity index (χ3n) is 8.06. The number of fused-ring (bicyclic) bond motifs is 2. The Morgan fingerprint density at radius 2 is 1.50 bits per heavy atom. The van der Waals surface area contributed by atoms with Crippen LogP contribution in [0.2, 0.25) is 0 Å². The predicted octanol–water partition coefficient (Wildman–Crippen LogP) is 5.13. The number of piperazine rings is 1. The second kappa shape index (κ2) is 12.4. The molecular weight excluding hydrogens is 533 g/mol. The lowest BCUT2D eigenvalue weighted by molar-refractivity contribution is 0.0985. The van der Waals surface area contributed by atoms with Crippen molar-refractivity contribution in [1.82, 2.24) is 14.8 Å². The second-order valence-electron chi connectivity index (χ2n) is 10.9. The first-order valence-corrected chi connectivity index (χ1v) is 14.5. The van der Waals surface area contributed by atoms with E-state index in [9.17, 15) is 14.0 Å². The molecule has 3 heterocycles. The first kappa shape index (κ1) is 28.0. The summed E-state index contributed by atoms with van der Waals surface area (Å²) in [6.45, 7) is 9.23. The van der Waals surface area contributed by atoms with E-state index >= 15 is 0 Å². The number of Topliss-reactive ketones (excluding diaryl/α,β-unsaturated/α-hetero) is 2. The number of likely N-dealkylation sites (N-methyl/N-ethyl adjacent to an activating group) is 1. The van der Waals surface area contributed by atoms with Gasteiger partial charge in [-0.15, -0.1) is 0 Å². The Bertz CT molecular complexity index is 1630. The molecule has 3 aromatic carbocycles. The van der Waals surface area contributed by atoms with Crippen molar-refractivity contribution in [2.24, 2.45) is 0 Å². The van der Waals surface area contributed by atoms with Crippen LogP contribution < -0.4 is 9.47 Å². The zero-order chi connectivity index (χ0) is 29.1. The third kappa shape index (κ3) is 6.35. The Morgan fingerprint density at radius 3 is 2.31 bits per heavy atom. The first-order chi connectivity index (χ1) is 20.4. The van der Waals surface area contributed by atoms with E-state index in [-0.39, 0.29) is 30.0 Å². The van der Waals surface area contributed by atoms with E-state index in [2.05, 4.69) is 16.7 Å². The van der Waals surface area contributed by atoms with Crippen molar-refractivity contribution in [1.29, 1.82) is 0 Å². The van der Waals surface area contributed by atoms with Crippen molar-refractivity contribution >= 4 is 22.5 Å².